The molecular formula is C11H14N2OS. The Balaban J connectivity index is 2.87. The van der Waals surface area contributed by atoms with E-state index in [2.05, 4.69) is 22.9 Å². The van der Waals surface area contributed by atoms with Crippen LogP contribution >= 0.6 is 12.6 Å². The molecule has 4 heteroatoms. The van der Waals surface area contributed by atoms with Crippen LogP contribution in [0.5, 0.6) is 0 Å². The molecule has 1 N–H and O–H groups in total. The van der Waals surface area contributed by atoms with Crippen molar-refractivity contribution in [1.82, 2.24) is 4.98 Å². The Bertz CT molecular complexity index is 388. The van der Waals surface area contributed by atoms with Crippen molar-refractivity contribution in [2.45, 2.75) is 13.8 Å². The number of aryl methyl sites for hydroxylation is 1. The monoisotopic (exact) mass is 222 g/mol. The second kappa shape index (κ2) is 5.56. The number of carbonyl (C=O) groups excluding carboxylic acids is 1. The lowest BCUT2D eigenvalue weighted by Crippen LogP contribution is -2.08. The molecule has 0 aliphatic heterocycles. The van der Waals surface area contributed by atoms with Crippen molar-refractivity contribution in [3.63, 3.8) is 0 Å². The number of amides is 1. The number of thiol groups is 1. The predicted octanol–water partition coefficient (Wildman–Crippen LogP) is 2.29. The molecule has 15 heavy (non-hydrogen) atoms. The highest BCUT2D eigenvalue weighted by Crippen LogP contribution is 2.12. The first-order valence-electron chi connectivity index (χ1n) is 4.66. The van der Waals surface area contributed by atoms with E-state index in [0.717, 1.165) is 11.3 Å². The van der Waals surface area contributed by atoms with Gasteiger partial charge in [-0.15, -0.1) is 0 Å². The van der Waals surface area contributed by atoms with E-state index in [1.54, 1.807) is 6.07 Å². The molecule has 0 aliphatic carbocycles. The lowest BCUT2D eigenvalue weighted by molar-refractivity contribution is -0.114. The van der Waals surface area contributed by atoms with Crippen LogP contribution in [0, 0.1) is 6.92 Å². The molecule has 0 fully saturated rings. The summed E-state index contributed by atoms with van der Waals surface area (Å²) in [4.78, 5) is 15.1. The van der Waals surface area contributed by atoms with Gasteiger partial charge in [0.25, 0.3) is 0 Å². The molecule has 0 saturated heterocycles. The minimum atomic E-state index is -0.111. The van der Waals surface area contributed by atoms with E-state index < -0.39 is 0 Å². The smallest absolute Gasteiger partial charge is 0.222 e. The maximum absolute atomic E-state index is 10.8. The molecule has 0 spiro atoms. The van der Waals surface area contributed by atoms with Crippen LogP contribution in [0.15, 0.2) is 18.2 Å². The van der Waals surface area contributed by atoms with Crippen molar-refractivity contribution < 1.29 is 4.79 Å². The number of anilines is 1. The normalized spacial score (nSPS) is 10.6. The van der Waals surface area contributed by atoms with E-state index in [1.807, 2.05) is 25.1 Å². The van der Waals surface area contributed by atoms with Gasteiger partial charge in [0.15, 0.2) is 0 Å². The molecule has 0 atom stereocenters. The molecule has 0 saturated carbocycles. The largest absolute Gasteiger partial charge is 0.311 e. The maximum atomic E-state index is 10.8. The van der Waals surface area contributed by atoms with Crippen molar-refractivity contribution in [3.05, 3.63) is 29.5 Å². The first-order chi connectivity index (χ1) is 7.13. The Kier molecular flexibility index (Phi) is 4.37. The second-order valence-electron chi connectivity index (χ2n) is 3.14. The van der Waals surface area contributed by atoms with Crippen LogP contribution in [-0.2, 0) is 4.79 Å². The molecule has 1 heterocycles. The van der Waals surface area contributed by atoms with E-state index in [4.69, 9.17) is 0 Å². The van der Waals surface area contributed by atoms with Crippen LogP contribution in [0.2, 0.25) is 0 Å². The third-order valence-electron chi connectivity index (χ3n) is 1.83. The van der Waals surface area contributed by atoms with Crippen molar-refractivity contribution in [3.8, 4) is 0 Å². The van der Waals surface area contributed by atoms with Gasteiger partial charge in [0.05, 0.1) is 0 Å². The summed E-state index contributed by atoms with van der Waals surface area (Å²) in [6.45, 7) is 3.37. The topological polar surface area (TPSA) is 42.0 Å². The first kappa shape index (κ1) is 11.8. The summed E-state index contributed by atoms with van der Waals surface area (Å²) in [5.74, 6) is 1.18. The standard InChI is InChI=1S/C11H14N2OS/c1-8-10(4-3-7-15)5-6-11(12-8)13-9(2)14/h3-6,15H,7H2,1-2H3,(H,12,13,14). The van der Waals surface area contributed by atoms with Crippen LogP contribution in [0.25, 0.3) is 6.08 Å². The Morgan fingerprint density at radius 3 is 2.87 bits per heavy atom. The van der Waals surface area contributed by atoms with Gasteiger partial charge in [-0.3, -0.25) is 4.79 Å². The van der Waals surface area contributed by atoms with E-state index >= 15 is 0 Å². The van der Waals surface area contributed by atoms with Gasteiger partial charge < -0.3 is 5.32 Å². The van der Waals surface area contributed by atoms with Gasteiger partial charge in [0, 0.05) is 18.4 Å². The minimum Gasteiger partial charge on any atom is -0.311 e. The van der Waals surface area contributed by atoms with Gasteiger partial charge in [0.2, 0.25) is 5.91 Å². The SMILES string of the molecule is CC(=O)Nc1ccc(C=CCS)c(C)n1. The highest BCUT2D eigenvalue weighted by atomic mass is 32.1. The first-order valence-corrected chi connectivity index (χ1v) is 5.29. The van der Waals surface area contributed by atoms with Crippen molar-refractivity contribution in [2.24, 2.45) is 0 Å². The van der Waals surface area contributed by atoms with Crippen LogP contribution in [0.1, 0.15) is 18.2 Å². The molecular weight excluding hydrogens is 208 g/mol. The molecule has 0 radical (unpaired) electrons. The zero-order valence-electron chi connectivity index (χ0n) is 8.82. The Hall–Kier alpha value is -1.29. The number of carbonyl (C=O) groups is 1. The molecule has 0 aliphatic rings. The maximum Gasteiger partial charge on any atom is 0.222 e. The predicted molar refractivity (Wildman–Crippen MR) is 66.2 cm³/mol. The van der Waals surface area contributed by atoms with E-state index in [9.17, 15) is 4.79 Å². The summed E-state index contributed by atoms with van der Waals surface area (Å²) in [5.41, 5.74) is 1.93. The number of rotatable bonds is 3. The zero-order chi connectivity index (χ0) is 11.3. The minimum absolute atomic E-state index is 0.111. The zero-order valence-corrected chi connectivity index (χ0v) is 9.71. The third-order valence-corrected chi connectivity index (χ3v) is 2.04. The Labute approximate surface area is 95.0 Å². The number of pyridine rings is 1. The van der Waals surface area contributed by atoms with E-state index in [0.29, 0.717) is 11.6 Å². The lowest BCUT2D eigenvalue weighted by atomic mass is 10.2. The molecule has 80 valence electrons. The third kappa shape index (κ3) is 3.75. The molecule has 0 aromatic carbocycles. The lowest BCUT2D eigenvalue weighted by Gasteiger charge is -2.04. The van der Waals surface area contributed by atoms with Gasteiger partial charge in [-0.05, 0) is 24.6 Å². The number of hydrogen-bond acceptors (Lipinski definition) is 3. The molecule has 1 aromatic rings. The quantitative estimate of drug-likeness (QED) is 0.770. The fraction of sp³-hybridized carbons (Fsp3) is 0.273. The van der Waals surface area contributed by atoms with Gasteiger partial charge in [0.1, 0.15) is 5.82 Å². The summed E-state index contributed by atoms with van der Waals surface area (Å²) in [6.07, 6.45) is 3.91. The van der Waals surface area contributed by atoms with Crippen LogP contribution in [-0.4, -0.2) is 16.6 Å². The van der Waals surface area contributed by atoms with E-state index in [1.165, 1.54) is 6.92 Å². The van der Waals surface area contributed by atoms with Gasteiger partial charge in [-0.1, -0.05) is 12.2 Å². The molecule has 0 bridgehead atoms. The number of hydrogen-bond donors (Lipinski definition) is 2. The molecule has 1 amide bonds. The number of aromatic nitrogens is 1. The van der Waals surface area contributed by atoms with Crippen LogP contribution in [0.4, 0.5) is 5.82 Å². The average Bonchev–Trinajstić information content (AvgIpc) is 2.15. The van der Waals surface area contributed by atoms with Crippen molar-refractivity contribution >= 4 is 30.4 Å². The fourth-order valence-corrected chi connectivity index (χ4v) is 1.28. The summed E-state index contributed by atoms with van der Waals surface area (Å²) < 4.78 is 0. The second-order valence-corrected chi connectivity index (χ2v) is 3.50. The number of nitrogens with zero attached hydrogens (tertiary/aromatic N) is 1. The summed E-state index contributed by atoms with van der Waals surface area (Å²) in [6, 6.07) is 3.71. The number of nitrogens with one attached hydrogen (secondary N) is 1. The summed E-state index contributed by atoms with van der Waals surface area (Å²) >= 11 is 4.09. The Morgan fingerprint density at radius 2 is 2.33 bits per heavy atom. The van der Waals surface area contributed by atoms with Crippen molar-refractivity contribution in [1.29, 1.82) is 0 Å². The molecule has 3 nitrogen and oxygen atoms in total. The van der Waals surface area contributed by atoms with E-state index in [-0.39, 0.29) is 5.91 Å². The molecule has 0 unspecified atom stereocenters. The van der Waals surface area contributed by atoms with Gasteiger partial charge in [-0.25, -0.2) is 4.98 Å². The van der Waals surface area contributed by atoms with Gasteiger partial charge in [-0.2, -0.15) is 12.6 Å². The van der Waals surface area contributed by atoms with Crippen molar-refractivity contribution in [2.75, 3.05) is 11.1 Å². The summed E-state index contributed by atoms with van der Waals surface area (Å²) in [7, 11) is 0. The molecule has 1 aromatic heterocycles. The highest BCUT2D eigenvalue weighted by molar-refractivity contribution is 7.80. The molecule has 1 rings (SSSR count). The summed E-state index contributed by atoms with van der Waals surface area (Å²) in [5, 5.41) is 2.64. The van der Waals surface area contributed by atoms with Crippen LogP contribution < -0.4 is 5.32 Å². The Morgan fingerprint density at radius 1 is 1.60 bits per heavy atom. The average molecular weight is 222 g/mol. The highest BCUT2D eigenvalue weighted by Gasteiger charge is 2.00. The van der Waals surface area contributed by atoms with Gasteiger partial charge >= 0.3 is 0 Å². The van der Waals surface area contributed by atoms with Crippen LogP contribution in [0.3, 0.4) is 0 Å². The fourth-order valence-electron chi connectivity index (χ4n) is 1.18.